The summed E-state index contributed by atoms with van der Waals surface area (Å²) in [6, 6.07) is 1.29. The first-order valence-electron chi connectivity index (χ1n) is 24.6. The maximum atomic E-state index is 13.8. The number of aromatic nitrogens is 4. The molecule has 364 valence electrons. The molecular formula is C47H80N5O11P. The summed E-state index contributed by atoms with van der Waals surface area (Å²) in [7, 11) is -4.06. The van der Waals surface area contributed by atoms with Crippen molar-refractivity contribution in [2.45, 2.75) is 212 Å². The summed E-state index contributed by atoms with van der Waals surface area (Å²) in [6.07, 6.45) is 26.8. The summed E-state index contributed by atoms with van der Waals surface area (Å²) in [6.45, 7) is 6.68. The Kier molecular flexibility index (Phi) is 28.8. The summed E-state index contributed by atoms with van der Waals surface area (Å²) in [5, 5.41) is 24.3. The molecule has 1 fully saturated rings. The minimum Gasteiger partial charge on any atom is -0.461 e. The molecule has 3 rings (SSSR count). The molecule has 0 unspecified atom stereocenters. The Labute approximate surface area is 382 Å². The third kappa shape index (κ3) is 21.5. The molecule has 3 heterocycles. The van der Waals surface area contributed by atoms with Gasteiger partial charge >= 0.3 is 19.5 Å². The van der Waals surface area contributed by atoms with Gasteiger partial charge in [-0.2, -0.15) is 4.98 Å². The lowest BCUT2D eigenvalue weighted by Gasteiger charge is -2.21. The molecule has 1 amide bonds. The average Bonchev–Trinajstić information content (AvgIpc) is 3.57. The number of nitrogens with zero attached hydrogens (tertiary/aromatic N) is 4. The van der Waals surface area contributed by atoms with Crippen molar-refractivity contribution >= 4 is 25.5 Å². The minimum absolute atomic E-state index is 0.169. The molecule has 2 aromatic rings. The van der Waals surface area contributed by atoms with Crippen LogP contribution >= 0.6 is 7.82 Å². The zero-order valence-electron chi connectivity index (χ0n) is 39.1. The second-order valence-electron chi connectivity index (χ2n) is 16.9. The van der Waals surface area contributed by atoms with Gasteiger partial charge in [-0.15, -0.1) is 0 Å². The predicted molar refractivity (Wildman–Crippen MR) is 247 cm³/mol. The molecule has 0 aliphatic carbocycles. The number of hydrogen-bond donors (Lipinski definition) is 3. The van der Waals surface area contributed by atoms with E-state index >= 15 is 0 Å². The van der Waals surface area contributed by atoms with Crippen molar-refractivity contribution in [3.63, 3.8) is 0 Å². The Morgan fingerprint density at radius 1 is 0.656 bits per heavy atom. The van der Waals surface area contributed by atoms with Crippen molar-refractivity contribution in [2.24, 2.45) is 0 Å². The Bertz CT molecular complexity index is 1660. The second kappa shape index (κ2) is 33.4. The van der Waals surface area contributed by atoms with Crippen LogP contribution in [0.2, 0.25) is 0 Å². The molecule has 16 nitrogen and oxygen atoms in total. The van der Waals surface area contributed by atoms with E-state index in [-0.39, 0.29) is 37.0 Å². The van der Waals surface area contributed by atoms with Crippen LogP contribution < -0.4 is 11.0 Å². The third-order valence-corrected chi connectivity index (χ3v) is 12.9. The Hall–Kier alpha value is -3.11. The van der Waals surface area contributed by atoms with E-state index in [4.69, 9.17) is 23.0 Å². The number of nitrogens with one attached hydrogen (secondary N) is 1. The lowest BCUT2D eigenvalue weighted by molar-refractivity contribution is -0.0563. The molecule has 0 saturated carbocycles. The van der Waals surface area contributed by atoms with Gasteiger partial charge in [0, 0.05) is 18.6 Å². The van der Waals surface area contributed by atoms with E-state index in [9.17, 15) is 29.2 Å². The largest absolute Gasteiger partial charge is 0.474 e. The van der Waals surface area contributed by atoms with Gasteiger partial charge in [0.25, 0.3) is 5.91 Å². The topological polar surface area (TPSA) is 211 Å². The number of aliphatic hydroxyl groups excluding tert-OH is 2. The lowest BCUT2D eigenvalue weighted by atomic mass is 10.1. The highest BCUT2D eigenvalue weighted by Gasteiger charge is 2.45. The zero-order valence-corrected chi connectivity index (χ0v) is 40.0. The van der Waals surface area contributed by atoms with Crippen molar-refractivity contribution in [1.82, 2.24) is 19.5 Å². The van der Waals surface area contributed by atoms with E-state index in [1.54, 1.807) is 0 Å². The number of anilines is 1. The molecule has 0 spiro atoms. The van der Waals surface area contributed by atoms with Gasteiger partial charge in [0.15, 0.2) is 17.6 Å². The molecule has 1 aliphatic rings. The number of ether oxygens (including phenoxy) is 2. The summed E-state index contributed by atoms with van der Waals surface area (Å²) in [4.78, 5) is 51.3. The molecular weight excluding hydrogens is 842 g/mol. The van der Waals surface area contributed by atoms with Crippen LogP contribution in [0, 0.1) is 0 Å². The van der Waals surface area contributed by atoms with E-state index in [1.807, 2.05) is 0 Å². The number of amides is 1. The van der Waals surface area contributed by atoms with Crippen molar-refractivity contribution in [3.05, 3.63) is 46.5 Å². The van der Waals surface area contributed by atoms with E-state index < -0.39 is 56.5 Å². The first kappa shape index (κ1) is 55.2. The molecule has 64 heavy (non-hydrogen) atoms. The van der Waals surface area contributed by atoms with Gasteiger partial charge in [-0.1, -0.05) is 168 Å². The molecule has 0 aromatic carbocycles. The van der Waals surface area contributed by atoms with E-state index in [0.29, 0.717) is 19.3 Å². The number of carbonyl (C=O) groups excluding carboxylic acids is 2. The van der Waals surface area contributed by atoms with Gasteiger partial charge < -0.3 is 25.0 Å². The van der Waals surface area contributed by atoms with Gasteiger partial charge in [0.05, 0.1) is 26.4 Å². The fourth-order valence-corrected chi connectivity index (χ4v) is 8.78. The standard InChI is InChI=1S/C47H80N5O11P/c1-4-7-10-13-16-19-20-21-24-27-34-59-46(56)41-40(48-31-32-49-41)44(55)50-39-30-33-52(47(57)51-39)45-43(54)42(53)38(63-45)37-62-64(58,60-35-28-25-22-17-14-11-8-5-2)61-36-29-26-23-18-15-12-9-6-3/h30-33,38,42-43,45,53-54H,4-29,34-37H2,1-3H3,(H,50,51,55,57)/t38-,42-,43+,45-/m1/s1. The van der Waals surface area contributed by atoms with E-state index in [1.165, 1.54) is 115 Å². The molecule has 3 N–H and O–H groups in total. The van der Waals surface area contributed by atoms with Gasteiger partial charge in [-0.25, -0.2) is 24.1 Å². The van der Waals surface area contributed by atoms with Gasteiger partial charge in [0.2, 0.25) is 0 Å². The number of esters is 1. The van der Waals surface area contributed by atoms with Crippen molar-refractivity contribution < 1.29 is 47.4 Å². The number of rotatable bonds is 38. The van der Waals surface area contributed by atoms with Gasteiger partial charge in [-0.3, -0.25) is 22.9 Å². The maximum Gasteiger partial charge on any atom is 0.474 e. The highest BCUT2D eigenvalue weighted by Crippen LogP contribution is 2.50. The van der Waals surface area contributed by atoms with Crippen molar-refractivity contribution in [2.75, 3.05) is 31.7 Å². The van der Waals surface area contributed by atoms with Crippen LogP contribution in [0.25, 0.3) is 0 Å². The summed E-state index contributed by atoms with van der Waals surface area (Å²) in [5.74, 6) is -1.80. The monoisotopic (exact) mass is 922 g/mol. The smallest absolute Gasteiger partial charge is 0.461 e. The molecule has 17 heteroatoms. The molecule has 0 bridgehead atoms. The van der Waals surface area contributed by atoms with Crippen LogP contribution in [0.3, 0.4) is 0 Å². The van der Waals surface area contributed by atoms with Crippen molar-refractivity contribution in [1.29, 1.82) is 0 Å². The molecule has 4 atom stereocenters. The van der Waals surface area contributed by atoms with Crippen LogP contribution in [0.15, 0.2) is 29.5 Å². The fourth-order valence-electron chi connectivity index (χ4n) is 7.53. The molecule has 0 radical (unpaired) electrons. The Morgan fingerprint density at radius 2 is 1.11 bits per heavy atom. The van der Waals surface area contributed by atoms with Gasteiger partial charge in [0.1, 0.15) is 24.1 Å². The summed E-state index contributed by atoms with van der Waals surface area (Å²) < 4.78 is 43.2. The fraction of sp³-hybridized carbons (Fsp3) is 0.787. The van der Waals surface area contributed by atoms with Crippen LogP contribution in [0.4, 0.5) is 5.82 Å². The quantitative estimate of drug-likeness (QED) is 0.0325. The lowest BCUT2D eigenvalue weighted by Crippen LogP contribution is -2.36. The Balaban J connectivity index is 1.52. The average molecular weight is 922 g/mol. The van der Waals surface area contributed by atoms with Crippen molar-refractivity contribution in [3.8, 4) is 0 Å². The SMILES string of the molecule is CCCCCCCCCCCCOC(=O)c1nccnc1C(=O)Nc1ccn([C@@H]2O[C@H](COP(=O)(OCCCCCCCCCC)OCCCCCCCCCC)[C@@H](O)[C@@H]2O)c(=O)n1. The first-order valence-corrected chi connectivity index (χ1v) is 26.0. The number of hydrogen-bond acceptors (Lipinski definition) is 14. The highest BCUT2D eigenvalue weighted by molar-refractivity contribution is 7.48. The Morgan fingerprint density at radius 3 is 1.59 bits per heavy atom. The number of carbonyl (C=O) groups is 2. The molecule has 2 aromatic heterocycles. The first-order chi connectivity index (χ1) is 31.1. The summed E-state index contributed by atoms with van der Waals surface area (Å²) >= 11 is 0. The number of unbranched alkanes of at least 4 members (excludes halogenated alkanes) is 23. The number of phosphoric ester groups is 1. The summed E-state index contributed by atoms with van der Waals surface area (Å²) in [5.41, 5.74) is -1.49. The second-order valence-corrected chi connectivity index (χ2v) is 18.6. The molecule has 1 aliphatic heterocycles. The maximum absolute atomic E-state index is 13.8. The third-order valence-electron chi connectivity index (χ3n) is 11.4. The zero-order chi connectivity index (χ0) is 46.3. The normalized spacial score (nSPS) is 17.5. The van der Waals surface area contributed by atoms with Crippen LogP contribution in [-0.4, -0.2) is 86.3 Å². The van der Waals surface area contributed by atoms with Crippen LogP contribution in [-0.2, 0) is 27.6 Å². The molecule has 1 saturated heterocycles. The van der Waals surface area contributed by atoms with E-state index in [2.05, 4.69) is 41.0 Å². The number of aliphatic hydroxyl groups is 2. The minimum atomic E-state index is -4.06. The van der Waals surface area contributed by atoms with Crippen LogP contribution in [0.1, 0.15) is 215 Å². The number of phosphoric acid groups is 1. The van der Waals surface area contributed by atoms with E-state index in [0.717, 1.165) is 62.4 Å². The van der Waals surface area contributed by atoms with Gasteiger partial charge in [-0.05, 0) is 25.3 Å². The predicted octanol–water partition coefficient (Wildman–Crippen LogP) is 10.4. The van der Waals surface area contributed by atoms with Crippen LogP contribution in [0.5, 0.6) is 0 Å². The highest BCUT2D eigenvalue weighted by atomic mass is 31.2.